The Morgan fingerprint density at radius 2 is 1.73 bits per heavy atom. The molecule has 1 radical (unpaired) electrons. The van der Waals surface area contributed by atoms with Crippen molar-refractivity contribution in [1.82, 2.24) is 4.90 Å². The molecule has 4 nitrogen and oxygen atoms in total. The van der Waals surface area contributed by atoms with Crippen molar-refractivity contribution < 1.29 is 20.4 Å². The second kappa shape index (κ2) is 9.93. The minimum atomic E-state index is 0. The van der Waals surface area contributed by atoms with Crippen molar-refractivity contribution in [1.29, 1.82) is 0 Å². The van der Waals surface area contributed by atoms with Crippen molar-refractivity contribution in [3.05, 3.63) is 10.4 Å². The van der Waals surface area contributed by atoms with Crippen LogP contribution in [0.4, 0.5) is 0 Å². The van der Waals surface area contributed by atoms with Crippen molar-refractivity contribution in [2.45, 2.75) is 12.8 Å². The summed E-state index contributed by atoms with van der Waals surface area (Å²) in [6.45, 7) is 2.64. The topological polar surface area (TPSA) is 52.0 Å². The third-order valence-corrected chi connectivity index (χ3v) is 1.42. The average molecular weight is 328 g/mol. The van der Waals surface area contributed by atoms with Gasteiger partial charge in [-0.1, -0.05) is 5.11 Å². The zero-order valence-corrected chi connectivity index (χ0v) is 9.71. The monoisotopic (exact) mass is 329 g/mol. The minimum absolute atomic E-state index is 0. The Bertz CT molecular complexity index is 116. The van der Waals surface area contributed by atoms with Gasteiger partial charge in [0.25, 0.3) is 0 Å². The van der Waals surface area contributed by atoms with Gasteiger partial charge in [0.1, 0.15) is 0 Å². The van der Waals surface area contributed by atoms with E-state index < -0.39 is 0 Å². The van der Waals surface area contributed by atoms with Crippen molar-refractivity contribution in [2.75, 3.05) is 27.2 Å². The molecule has 0 aromatic rings. The van der Waals surface area contributed by atoms with Gasteiger partial charge in [-0.25, -0.2) is 0 Å². The fourth-order valence-corrected chi connectivity index (χ4v) is 0.875. The van der Waals surface area contributed by atoms with Gasteiger partial charge < -0.3 is 4.90 Å². The number of nitrogens with zero attached hydrogens (tertiary/aromatic N) is 4. The summed E-state index contributed by atoms with van der Waals surface area (Å²) in [7, 11) is 3.56. The SMILES string of the molecule is CN1CCCC1.CN=[N+]=[N-].[Re]. The summed E-state index contributed by atoms with van der Waals surface area (Å²) in [5.41, 5.74) is 7.33. The molecule has 1 heterocycles. The van der Waals surface area contributed by atoms with E-state index >= 15 is 0 Å². The number of hydrogen-bond acceptors (Lipinski definition) is 2. The number of azide groups is 1. The first-order valence-corrected chi connectivity index (χ1v) is 3.43. The summed E-state index contributed by atoms with van der Waals surface area (Å²) in [5, 5.41) is 2.92. The molecule has 65 valence electrons. The van der Waals surface area contributed by atoms with Gasteiger partial charge in [0.2, 0.25) is 0 Å². The molecule has 1 fully saturated rings. The fourth-order valence-electron chi connectivity index (χ4n) is 0.875. The van der Waals surface area contributed by atoms with Gasteiger partial charge in [0, 0.05) is 32.4 Å². The molecule has 0 N–H and O–H groups in total. The Balaban J connectivity index is 0. The number of likely N-dealkylation sites (tertiary alicyclic amines) is 1. The molecule has 0 unspecified atom stereocenters. The molecule has 11 heavy (non-hydrogen) atoms. The Labute approximate surface area is 81.2 Å². The Kier molecular flexibility index (Phi) is 12.2. The molecule has 0 aliphatic carbocycles. The van der Waals surface area contributed by atoms with Gasteiger partial charge >= 0.3 is 0 Å². The molecule has 0 aromatic carbocycles. The van der Waals surface area contributed by atoms with E-state index in [2.05, 4.69) is 22.0 Å². The predicted octanol–water partition coefficient (Wildman–Crippen LogP) is 1.64. The van der Waals surface area contributed by atoms with E-state index in [1.54, 1.807) is 0 Å². The molecule has 1 aliphatic rings. The molecular formula is C6H14N4Re. The van der Waals surface area contributed by atoms with Crippen molar-refractivity contribution in [3.8, 4) is 0 Å². The summed E-state index contributed by atoms with van der Waals surface area (Å²) in [4.78, 5) is 4.72. The van der Waals surface area contributed by atoms with Crippen LogP contribution in [-0.2, 0) is 20.4 Å². The van der Waals surface area contributed by atoms with Crippen molar-refractivity contribution in [2.24, 2.45) is 5.11 Å². The molecule has 0 amide bonds. The largest absolute Gasteiger partial charge is 0.306 e. The maximum Gasteiger partial charge on any atom is 0.0139 e. The molecule has 1 rings (SSSR count). The van der Waals surface area contributed by atoms with E-state index in [4.69, 9.17) is 5.53 Å². The zero-order chi connectivity index (χ0) is 7.82. The standard InChI is InChI=1S/C5H11N.CH3N3.Re/c1-6-4-2-3-5-6;1-3-4-2;/h2-5H2,1H3;1H3;. The first-order chi connectivity index (χ1) is 4.81. The van der Waals surface area contributed by atoms with Gasteiger partial charge in [0.15, 0.2) is 0 Å². The van der Waals surface area contributed by atoms with E-state index in [0.717, 1.165) is 0 Å². The van der Waals surface area contributed by atoms with Gasteiger partial charge in [-0.05, 0) is 38.5 Å². The van der Waals surface area contributed by atoms with Crippen LogP contribution in [0.15, 0.2) is 5.11 Å². The fraction of sp³-hybridized carbons (Fsp3) is 1.00. The van der Waals surface area contributed by atoms with Crippen molar-refractivity contribution >= 4 is 0 Å². The quantitative estimate of drug-likeness (QED) is 0.379. The van der Waals surface area contributed by atoms with Crippen LogP contribution in [-0.4, -0.2) is 32.1 Å². The van der Waals surface area contributed by atoms with Crippen LogP contribution in [0.5, 0.6) is 0 Å². The third kappa shape index (κ3) is 9.93. The van der Waals surface area contributed by atoms with Crippen LogP contribution in [0.1, 0.15) is 12.8 Å². The maximum absolute atomic E-state index is 7.33. The van der Waals surface area contributed by atoms with Crippen LogP contribution >= 0.6 is 0 Å². The van der Waals surface area contributed by atoms with Crippen LogP contribution in [0.2, 0.25) is 0 Å². The molecular weight excluding hydrogens is 314 g/mol. The third-order valence-electron chi connectivity index (χ3n) is 1.42. The molecule has 0 saturated carbocycles. The van der Waals surface area contributed by atoms with Crippen LogP contribution < -0.4 is 0 Å². The summed E-state index contributed by atoms with van der Waals surface area (Å²) >= 11 is 0. The van der Waals surface area contributed by atoms with E-state index in [1.807, 2.05) is 0 Å². The summed E-state index contributed by atoms with van der Waals surface area (Å²) in [6, 6.07) is 0. The van der Waals surface area contributed by atoms with Gasteiger partial charge in [-0.3, -0.25) is 0 Å². The molecule has 0 aromatic heterocycles. The summed E-state index contributed by atoms with van der Waals surface area (Å²) in [6.07, 6.45) is 2.83. The summed E-state index contributed by atoms with van der Waals surface area (Å²) < 4.78 is 0. The summed E-state index contributed by atoms with van der Waals surface area (Å²) in [5.74, 6) is 0. The average Bonchev–Trinajstić information content (AvgIpc) is 2.40. The zero-order valence-electron chi connectivity index (χ0n) is 7.00. The van der Waals surface area contributed by atoms with Crippen LogP contribution in [0.25, 0.3) is 10.4 Å². The Morgan fingerprint density at radius 1 is 1.36 bits per heavy atom. The van der Waals surface area contributed by atoms with E-state index in [1.165, 1.54) is 33.0 Å². The first-order valence-electron chi connectivity index (χ1n) is 3.43. The minimum Gasteiger partial charge on any atom is -0.306 e. The normalized spacial score (nSPS) is 15.5. The van der Waals surface area contributed by atoms with Gasteiger partial charge in [-0.15, -0.1) is 0 Å². The second-order valence-corrected chi connectivity index (χ2v) is 2.30. The Hall–Kier alpha value is -0.0677. The molecule has 1 aliphatic heterocycles. The molecule has 0 atom stereocenters. The molecule has 5 heteroatoms. The van der Waals surface area contributed by atoms with E-state index in [-0.39, 0.29) is 20.4 Å². The molecule has 0 bridgehead atoms. The van der Waals surface area contributed by atoms with Crippen LogP contribution in [0, 0.1) is 0 Å². The maximum atomic E-state index is 7.33. The number of hydrogen-bond donors (Lipinski definition) is 0. The van der Waals surface area contributed by atoms with Gasteiger partial charge in [-0.2, -0.15) is 0 Å². The van der Waals surface area contributed by atoms with E-state index in [0.29, 0.717) is 0 Å². The predicted molar refractivity (Wildman–Crippen MR) is 41.8 cm³/mol. The van der Waals surface area contributed by atoms with E-state index in [9.17, 15) is 0 Å². The van der Waals surface area contributed by atoms with Crippen LogP contribution in [0.3, 0.4) is 0 Å². The number of rotatable bonds is 0. The molecule has 1 saturated heterocycles. The second-order valence-electron chi connectivity index (χ2n) is 2.30. The Morgan fingerprint density at radius 3 is 1.82 bits per heavy atom. The van der Waals surface area contributed by atoms with Crippen molar-refractivity contribution in [3.63, 3.8) is 0 Å². The molecule has 0 spiro atoms. The first kappa shape index (κ1) is 13.5. The smallest absolute Gasteiger partial charge is 0.0139 e. The van der Waals surface area contributed by atoms with Gasteiger partial charge in [0.05, 0.1) is 0 Å².